The molecule has 3 aromatic carbocycles. The van der Waals surface area contributed by atoms with Gasteiger partial charge in [0.1, 0.15) is 24.7 Å². The number of benzene rings is 3. The Bertz CT molecular complexity index is 1250. The number of methoxy groups -OCH3 is 1. The van der Waals surface area contributed by atoms with Gasteiger partial charge in [-0.05, 0) is 42.5 Å². The number of carbonyl (C=O) groups is 1. The van der Waals surface area contributed by atoms with Gasteiger partial charge in [0, 0.05) is 6.07 Å². The first-order valence-corrected chi connectivity index (χ1v) is 11.8. The van der Waals surface area contributed by atoms with Crippen LogP contribution in [0.1, 0.15) is 5.56 Å². The SMILES string of the molecule is COc1cccc(OCCNC(=O)CN(c2cccc(C(F)(F)F)c2)S(=O)(=O)c2ccccc2)c1. The van der Waals surface area contributed by atoms with Crippen LogP contribution in [0.2, 0.25) is 0 Å². The van der Waals surface area contributed by atoms with E-state index in [4.69, 9.17) is 9.47 Å². The minimum Gasteiger partial charge on any atom is -0.497 e. The van der Waals surface area contributed by atoms with Crippen LogP contribution in [-0.4, -0.2) is 41.1 Å². The van der Waals surface area contributed by atoms with Gasteiger partial charge < -0.3 is 14.8 Å². The van der Waals surface area contributed by atoms with Crippen molar-refractivity contribution < 1.29 is 35.9 Å². The van der Waals surface area contributed by atoms with Crippen LogP contribution in [0.5, 0.6) is 11.5 Å². The quantitative estimate of drug-likeness (QED) is 0.417. The number of alkyl halides is 3. The number of amides is 1. The average molecular weight is 509 g/mol. The second-order valence-corrected chi connectivity index (χ2v) is 9.11. The molecule has 35 heavy (non-hydrogen) atoms. The monoisotopic (exact) mass is 508 g/mol. The van der Waals surface area contributed by atoms with Crippen molar-refractivity contribution in [3.63, 3.8) is 0 Å². The van der Waals surface area contributed by atoms with E-state index >= 15 is 0 Å². The summed E-state index contributed by atoms with van der Waals surface area (Å²) in [6, 6.07) is 17.8. The molecule has 0 aliphatic rings. The van der Waals surface area contributed by atoms with E-state index in [2.05, 4.69) is 5.32 Å². The number of nitrogens with zero attached hydrogens (tertiary/aromatic N) is 1. The number of ether oxygens (including phenoxy) is 2. The van der Waals surface area contributed by atoms with Crippen molar-refractivity contribution in [2.75, 3.05) is 31.1 Å². The molecule has 0 fully saturated rings. The maximum atomic E-state index is 13.2. The van der Waals surface area contributed by atoms with Gasteiger partial charge >= 0.3 is 6.18 Å². The first-order chi connectivity index (χ1) is 16.6. The zero-order valence-corrected chi connectivity index (χ0v) is 19.5. The predicted octanol–water partition coefficient (Wildman–Crippen LogP) is 4.10. The smallest absolute Gasteiger partial charge is 0.416 e. The summed E-state index contributed by atoms with van der Waals surface area (Å²) < 4.78 is 77.5. The number of carbonyl (C=O) groups excluding carboxylic acids is 1. The first kappa shape index (κ1) is 25.9. The summed E-state index contributed by atoms with van der Waals surface area (Å²) in [6.45, 7) is -0.608. The number of hydrogen-bond donors (Lipinski definition) is 1. The Hall–Kier alpha value is -3.73. The molecule has 7 nitrogen and oxygen atoms in total. The fourth-order valence-electron chi connectivity index (χ4n) is 3.11. The van der Waals surface area contributed by atoms with Gasteiger partial charge in [0.15, 0.2) is 0 Å². The van der Waals surface area contributed by atoms with Crippen LogP contribution >= 0.6 is 0 Å². The molecule has 0 aromatic heterocycles. The van der Waals surface area contributed by atoms with Crippen molar-refractivity contribution >= 4 is 21.6 Å². The molecule has 3 rings (SSSR count). The Morgan fingerprint density at radius 3 is 2.31 bits per heavy atom. The Morgan fingerprint density at radius 1 is 0.943 bits per heavy atom. The molecule has 0 aliphatic carbocycles. The molecule has 0 radical (unpaired) electrons. The van der Waals surface area contributed by atoms with Crippen LogP contribution in [0.25, 0.3) is 0 Å². The summed E-state index contributed by atoms with van der Waals surface area (Å²) >= 11 is 0. The molecule has 1 N–H and O–H groups in total. The Kier molecular flexibility index (Phi) is 8.23. The van der Waals surface area contributed by atoms with Crippen molar-refractivity contribution in [2.45, 2.75) is 11.1 Å². The number of sulfonamides is 1. The molecule has 11 heteroatoms. The van der Waals surface area contributed by atoms with E-state index in [1.165, 1.54) is 37.4 Å². The lowest BCUT2D eigenvalue weighted by Crippen LogP contribution is -2.42. The number of nitrogens with one attached hydrogen (secondary N) is 1. The lowest BCUT2D eigenvalue weighted by Gasteiger charge is -2.25. The van der Waals surface area contributed by atoms with Crippen LogP contribution in [0.3, 0.4) is 0 Å². The van der Waals surface area contributed by atoms with E-state index in [1.54, 1.807) is 30.3 Å². The van der Waals surface area contributed by atoms with Gasteiger partial charge in [-0.3, -0.25) is 9.10 Å². The largest absolute Gasteiger partial charge is 0.497 e. The molecular formula is C24H23F3N2O5S. The molecule has 3 aromatic rings. The fraction of sp³-hybridized carbons (Fsp3) is 0.208. The molecule has 1 amide bonds. The van der Waals surface area contributed by atoms with Crippen molar-refractivity contribution in [2.24, 2.45) is 0 Å². The van der Waals surface area contributed by atoms with Gasteiger partial charge in [-0.15, -0.1) is 0 Å². The average Bonchev–Trinajstić information content (AvgIpc) is 2.85. The summed E-state index contributed by atoms with van der Waals surface area (Å²) in [7, 11) is -2.82. The van der Waals surface area contributed by atoms with Crippen molar-refractivity contribution in [1.82, 2.24) is 5.32 Å². The highest BCUT2D eigenvalue weighted by Gasteiger charge is 2.33. The standard InChI is InChI=1S/C24H23F3N2O5S/c1-33-20-9-6-10-21(16-20)34-14-13-28-23(30)17-29(35(31,32)22-11-3-2-4-12-22)19-8-5-7-18(15-19)24(25,26)27/h2-12,15-16H,13-14,17H2,1H3,(H,28,30). The molecule has 0 spiro atoms. The van der Waals surface area contributed by atoms with Crippen molar-refractivity contribution in [3.8, 4) is 11.5 Å². The lowest BCUT2D eigenvalue weighted by molar-refractivity contribution is -0.137. The Labute approximate surface area is 201 Å². The van der Waals surface area contributed by atoms with Crippen LogP contribution in [0.15, 0.2) is 83.8 Å². The number of anilines is 1. The van der Waals surface area contributed by atoms with E-state index in [0.29, 0.717) is 21.9 Å². The van der Waals surface area contributed by atoms with Gasteiger partial charge in [0.2, 0.25) is 5.91 Å². The third-order valence-electron chi connectivity index (χ3n) is 4.81. The zero-order valence-electron chi connectivity index (χ0n) is 18.7. The first-order valence-electron chi connectivity index (χ1n) is 10.4. The van der Waals surface area contributed by atoms with Crippen LogP contribution < -0.4 is 19.1 Å². The normalized spacial score (nSPS) is 11.5. The minimum absolute atomic E-state index is 0.0395. The van der Waals surface area contributed by atoms with Gasteiger partial charge in [-0.1, -0.05) is 30.3 Å². The van der Waals surface area contributed by atoms with E-state index < -0.39 is 34.2 Å². The van der Waals surface area contributed by atoms with E-state index in [0.717, 1.165) is 12.1 Å². The van der Waals surface area contributed by atoms with Gasteiger partial charge in [-0.25, -0.2) is 8.42 Å². The van der Waals surface area contributed by atoms with Gasteiger partial charge in [0.25, 0.3) is 10.0 Å². The maximum absolute atomic E-state index is 13.2. The fourth-order valence-corrected chi connectivity index (χ4v) is 4.54. The molecular weight excluding hydrogens is 485 g/mol. The molecule has 0 saturated heterocycles. The summed E-state index contributed by atoms with van der Waals surface area (Å²) in [5, 5.41) is 2.53. The molecule has 0 unspecified atom stereocenters. The second kappa shape index (κ2) is 11.1. The number of rotatable bonds is 10. The van der Waals surface area contributed by atoms with Crippen LogP contribution in [-0.2, 0) is 21.0 Å². The van der Waals surface area contributed by atoms with E-state index in [1.807, 2.05) is 0 Å². The second-order valence-electron chi connectivity index (χ2n) is 7.25. The summed E-state index contributed by atoms with van der Waals surface area (Å²) in [5.41, 5.74) is -1.32. The third-order valence-corrected chi connectivity index (χ3v) is 6.60. The van der Waals surface area contributed by atoms with Crippen LogP contribution in [0.4, 0.5) is 18.9 Å². The van der Waals surface area contributed by atoms with Gasteiger partial charge in [0.05, 0.1) is 29.8 Å². The number of halogens is 3. The Morgan fingerprint density at radius 2 is 1.63 bits per heavy atom. The van der Waals surface area contributed by atoms with Crippen molar-refractivity contribution in [1.29, 1.82) is 0 Å². The molecule has 0 bridgehead atoms. The molecule has 0 atom stereocenters. The van der Waals surface area contributed by atoms with Gasteiger partial charge in [-0.2, -0.15) is 13.2 Å². The molecule has 0 heterocycles. The molecule has 186 valence electrons. The summed E-state index contributed by atoms with van der Waals surface area (Å²) in [5.74, 6) is 0.390. The van der Waals surface area contributed by atoms with Crippen molar-refractivity contribution in [3.05, 3.63) is 84.4 Å². The third kappa shape index (κ3) is 6.89. The summed E-state index contributed by atoms with van der Waals surface area (Å²) in [6.07, 6.45) is -4.68. The predicted molar refractivity (Wildman–Crippen MR) is 124 cm³/mol. The summed E-state index contributed by atoms with van der Waals surface area (Å²) in [4.78, 5) is 12.4. The Balaban J connectivity index is 1.75. The molecule has 0 aliphatic heterocycles. The molecule has 0 saturated carbocycles. The highest BCUT2D eigenvalue weighted by atomic mass is 32.2. The minimum atomic E-state index is -4.68. The highest BCUT2D eigenvalue weighted by molar-refractivity contribution is 7.92. The number of hydrogen-bond acceptors (Lipinski definition) is 5. The van der Waals surface area contributed by atoms with E-state index in [9.17, 15) is 26.4 Å². The zero-order chi connectivity index (χ0) is 25.5. The van der Waals surface area contributed by atoms with E-state index in [-0.39, 0.29) is 23.7 Å². The highest BCUT2D eigenvalue weighted by Crippen LogP contribution is 2.33. The topological polar surface area (TPSA) is 84.9 Å². The van der Waals surface area contributed by atoms with Crippen LogP contribution in [0, 0.1) is 0 Å². The lowest BCUT2D eigenvalue weighted by atomic mass is 10.2. The maximum Gasteiger partial charge on any atom is 0.416 e.